The van der Waals surface area contributed by atoms with Gasteiger partial charge in [0.05, 0.1) is 58.4 Å². The highest BCUT2D eigenvalue weighted by atomic mass is 35.5. The Labute approximate surface area is 313 Å². The molecule has 3 saturated heterocycles. The number of H-pyrrole nitrogens is 1. The van der Waals surface area contributed by atoms with E-state index in [9.17, 15) is 5.11 Å². The lowest BCUT2D eigenvalue weighted by atomic mass is 9.69. The van der Waals surface area contributed by atoms with Gasteiger partial charge in [-0.3, -0.25) is 10.00 Å². The molecule has 2 N–H and O–H groups in total. The standard InChI is InChI=1S/C39H49ClFN7O5/c1-23-26(40)16-27-25(17-42-46-27)29(23)32-31(41)33-30(35(43-32)50-3)34(47-14-15-51-19-37(2,49)18-47)45-36(44-33)53-22-39-9-4-6-28(39)48(13-5-10-39)24-7-11-38(12-8-24)20-52-21-38/h16-17,24,28,49H,4-15,18-22H2,1-3H3,(H,42,46). The second-order valence-corrected chi connectivity index (χ2v) is 17.0. The number of rotatable bonds is 7. The van der Waals surface area contributed by atoms with E-state index in [1.54, 1.807) is 19.2 Å². The van der Waals surface area contributed by atoms with Crippen molar-refractivity contribution < 1.29 is 28.4 Å². The number of pyridine rings is 1. The number of aromatic amines is 1. The maximum atomic E-state index is 17.3. The molecule has 5 fully saturated rings. The number of ether oxygens (including phenoxy) is 4. The SMILES string of the molecule is COc1nc(-c2c(C)c(Cl)cc3[nH]ncc23)c(F)c2nc(OCC34CCCC3N(C3CCC5(CC3)COC5)CCC4)nc(N3CCOCC(C)(O)C3)c12. The van der Waals surface area contributed by atoms with Crippen molar-refractivity contribution in [2.75, 3.05) is 64.7 Å². The molecule has 0 radical (unpaired) electrons. The first-order chi connectivity index (χ1) is 25.6. The summed E-state index contributed by atoms with van der Waals surface area (Å²) in [6, 6.07) is 2.89. The largest absolute Gasteiger partial charge is 0.480 e. The molecule has 9 rings (SSSR count). The molecule has 12 nitrogen and oxygen atoms in total. The molecule has 2 saturated carbocycles. The Balaban J connectivity index is 1.11. The summed E-state index contributed by atoms with van der Waals surface area (Å²) in [5.41, 5.74) is 1.09. The lowest BCUT2D eigenvalue weighted by Crippen LogP contribution is -2.57. The number of aliphatic hydroxyl groups is 1. The van der Waals surface area contributed by atoms with Crippen molar-refractivity contribution in [1.82, 2.24) is 30.0 Å². The van der Waals surface area contributed by atoms with Crippen molar-refractivity contribution in [2.45, 2.75) is 89.3 Å². The minimum atomic E-state index is -1.18. The van der Waals surface area contributed by atoms with Gasteiger partial charge in [0.25, 0.3) is 0 Å². The quantitative estimate of drug-likeness (QED) is 0.223. The Hall–Kier alpha value is -3.36. The summed E-state index contributed by atoms with van der Waals surface area (Å²) in [4.78, 5) is 19.2. The van der Waals surface area contributed by atoms with Crippen molar-refractivity contribution in [3.63, 3.8) is 0 Å². The van der Waals surface area contributed by atoms with Crippen LogP contribution in [0.25, 0.3) is 33.1 Å². The molecule has 2 aliphatic carbocycles. The van der Waals surface area contributed by atoms with Crippen molar-refractivity contribution in [1.29, 1.82) is 0 Å². The number of β-amino-alcohol motifs (C(OH)–C–C–N with tert-alkyl or cyclic N) is 1. The molecule has 5 aliphatic rings. The molecular formula is C39H49ClFN7O5. The number of anilines is 1. The van der Waals surface area contributed by atoms with Crippen LogP contribution in [0.4, 0.5) is 10.2 Å². The van der Waals surface area contributed by atoms with E-state index in [-0.39, 0.29) is 41.7 Å². The lowest BCUT2D eigenvalue weighted by Gasteiger charge is -2.53. The summed E-state index contributed by atoms with van der Waals surface area (Å²) in [6.07, 6.45) is 12.2. The highest BCUT2D eigenvalue weighted by Crippen LogP contribution is 2.52. The van der Waals surface area contributed by atoms with Gasteiger partial charge in [-0.05, 0) is 83.4 Å². The third-order valence-corrected chi connectivity index (χ3v) is 13.4. The first kappa shape index (κ1) is 35.3. The number of hydrogen-bond acceptors (Lipinski definition) is 11. The summed E-state index contributed by atoms with van der Waals surface area (Å²) in [5, 5.41) is 19.8. The highest BCUT2D eigenvalue weighted by molar-refractivity contribution is 6.33. The molecule has 4 aromatic rings. The first-order valence-electron chi connectivity index (χ1n) is 19.2. The summed E-state index contributed by atoms with van der Waals surface area (Å²) in [7, 11) is 1.50. The van der Waals surface area contributed by atoms with Gasteiger partial charge in [0, 0.05) is 45.4 Å². The maximum Gasteiger partial charge on any atom is 0.319 e. The van der Waals surface area contributed by atoms with Gasteiger partial charge in [-0.1, -0.05) is 18.0 Å². The first-order valence-corrected chi connectivity index (χ1v) is 19.6. The van der Waals surface area contributed by atoms with Crippen LogP contribution in [-0.4, -0.2) is 113 Å². The predicted octanol–water partition coefficient (Wildman–Crippen LogP) is 6.24. The normalized spacial score (nSPS) is 28.0. The van der Waals surface area contributed by atoms with E-state index in [1.807, 2.05) is 11.8 Å². The monoisotopic (exact) mass is 749 g/mol. The van der Waals surface area contributed by atoms with Gasteiger partial charge in [-0.15, -0.1) is 0 Å². The van der Waals surface area contributed by atoms with Crippen LogP contribution in [0.15, 0.2) is 12.3 Å². The van der Waals surface area contributed by atoms with E-state index in [0.717, 1.165) is 51.9 Å². The third kappa shape index (κ3) is 6.11. The van der Waals surface area contributed by atoms with Crippen molar-refractivity contribution in [3.8, 4) is 23.1 Å². The molecule has 3 unspecified atom stereocenters. The number of benzene rings is 1. The van der Waals surface area contributed by atoms with Crippen LogP contribution in [0, 0.1) is 23.6 Å². The van der Waals surface area contributed by atoms with Gasteiger partial charge in [0.2, 0.25) is 5.88 Å². The molecule has 0 bridgehead atoms. The van der Waals surface area contributed by atoms with Crippen molar-refractivity contribution in [3.05, 3.63) is 28.7 Å². The maximum absolute atomic E-state index is 17.3. The molecule has 14 heteroatoms. The minimum absolute atomic E-state index is 0.0227. The van der Waals surface area contributed by atoms with Crippen LogP contribution >= 0.6 is 11.6 Å². The molecule has 1 aromatic carbocycles. The van der Waals surface area contributed by atoms with E-state index >= 15 is 4.39 Å². The fourth-order valence-corrected chi connectivity index (χ4v) is 10.4. The Morgan fingerprint density at radius 3 is 2.64 bits per heavy atom. The zero-order valence-corrected chi connectivity index (χ0v) is 31.6. The van der Waals surface area contributed by atoms with E-state index in [4.69, 9.17) is 45.5 Å². The zero-order chi connectivity index (χ0) is 36.5. The van der Waals surface area contributed by atoms with Crippen LogP contribution in [0.1, 0.15) is 70.3 Å². The Bertz CT molecular complexity index is 2030. The molecule has 6 heterocycles. The Morgan fingerprint density at radius 2 is 1.87 bits per heavy atom. The number of hydrogen-bond donors (Lipinski definition) is 2. The van der Waals surface area contributed by atoms with Crippen LogP contribution in [-0.2, 0) is 9.47 Å². The van der Waals surface area contributed by atoms with Crippen molar-refractivity contribution >= 4 is 39.2 Å². The van der Waals surface area contributed by atoms with E-state index < -0.39 is 11.4 Å². The summed E-state index contributed by atoms with van der Waals surface area (Å²) < 4.78 is 41.2. The number of likely N-dealkylation sites (tertiary alicyclic amines) is 1. The van der Waals surface area contributed by atoms with Crippen LogP contribution in [0.3, 0.4) is 0 Å². The molecule has 3 aromatic heterocycles. The molecule has 284 valence electrons. The van der Waals surface area contributed by atoms with Crippen molar-refractivity contribution in [2.24, 2.45) is 10.8 Å². The topological polar surface area (TPSA) is 131 Å². The number of fused-ring (bicyclic) bond motifs is 3. The number of methoxy groups -OCH3 is 1. The second kappa shape index (κ2) is 13.4. The van der Waals surface area contributed by atoms with Gasteiger partial charge in [0.1, 0.15) is 28.0 Å². The fraction of sp³-hybridized carbons (Fsp3) is 0.641. The third-order valence-electron chi connectivity index (χ3n) is 13.0. The van der Waals surface area contributed by atoms with E-state index in [1.165, 1.54) is 32.8 Å². The number of halogens is 2. The molecule has 0 amide bonds. The van der Waals surface area contributed by atoms with Gasteiger partial charge >= 0.3 is 6.01 Å². The molecule has 53 heavy (non-hydrogen) atoms. The molecular weight excluding hydrogens is 701 g/mol. The van der Waals surface area contributed by atoms with E-state index in [2.05, 4.69) is 15.1 Å². The Morgan fingerprint density at radius 1 is 1.06 bits per heavy atom. The molecule has 3 atom stereocenters. The fourth-order valence-electron chi connectivity index (χ4n) is 10.2. The van der Waals surface area contributed by atoms with Gasteiger partial charge in [-0.2, -0.15) is 15.1 Å². The van der Waals surface area contributed by atoms with Gasteiger partial charge in [0.15, 0.2) is 5.82 Å². The van der Waals surface area contributed by atoms with Gasteiger partial charge in [-0.25, -0.2) is 9.37 Å². The average molecular weight is 750 g/mol. The van der Waals surface area contributed by atoms with Crippen LogP contribution < -0.4 is 14.4 Å². The molecule has 3 aliphatic heterocycles. The van der Waals surface area contributed by atoms with E-state index in [0.29, 0.717) is 75.5 Å². The van der Waals surface area contributed by atoms with Crippen LogP contribution in [0.2, 0.25) is 5.02 Å². The smallest absolute Gasteiger partial charge is 0.319 e. The summed E-state index contributed by atoms with van der Waals surface area (Å²) in [5.74, 6) is -0.116. The number of nitrogens with zero attached hydrogens (tertiary/aromatic N) is 6. The minimum Gasteiger partial charge on any atom is -0.480 e. The summed E-state index contributed by atoms with van der Waals surface area (Å²) >= 11 is 6.65. The highest BCUT2D eigenvalue weighted by Gasteiger charge is 2.52. The Kier molecular flexibility index (Phi) is 8.96. The zero-order valence-electron chi connectivity index (χ0n) is 30.8. The second-order valence-electron chi connectivity index (χ2n) is 16.6. The number of nitrogens with one attached hydrogen (secondary N) is 1. The number of piperidine rings is 1. The van der Waals surface area contributed by atoms with Crippen LogP contribution in [0.5, 0.6) is 11.9 Å². The predicted molar refractivity (Wildman–Crippen MR) is 199 cm³/mol. The lowest BCUT2D eigenvalue weighted by molar-refractivity contribution is -0.143. The number of aromatic nitrogens is 5. The van der Waals surface area contributed by atoms with Gasteiger partial charge < -0.3 is 29.0 Å². The molecule has 1 spiro atoms. The average Bonchev–Trinajstić information content (AvgIpc) is 3.75. The summed E-state index contributed by atoms with van der Waals surface area (Å²) in [6.45, 7) is 8.10.